The Morgan fingerprint density at radius 2 is 1.76 bits per heavy atom. The molecule has 1 aromatic heterocycles. The Balaban J connectivity index is 1.52. The number of amides is 1. The van der Waals surface area contributed by atoms with Crippen molar-refractivity contribution in [2.24, 2.45) is 0 Å². The number of nitrogens with zero attached hydrogens (tertiary/aromatic N) is 3. The molecule has 1 aliphatic heterocycles. The van der Waals surface area contributed by atoms with Crippen molar-refractivity contribution >= 4 is 28.8 Å². The van der Waals surface area contributed by atoms with Crippen molar-refractivity contribution in [3.05, 3.63) is 86.3 Å². The van der Waals surface area contributed by atoms with Gasteiger partial charge in [0.05, 0.1) is 25.3 Å². The molecule has 180 valence electrons. The van der Waals surface area contributed by atoms with Crippen molar-refractivity contribution in [3.8, 4) is 0 Å². The lowest BCUT2D eigenvalue weighted by molar-refractivity contribution is -0.137. The van der Waals surface area contributed by atoms with E-state index < -0.39 is 11.7 Å². The van der Waals surface area contributed by atoms with Gasteiger partial charge in [-0.1, -0.05) is 41.9 Å². The summed E-state index contributed by atoms with van der Waals surface area (Å²) in [6.07, 6.45) is -4.40. The monoisotopic (exact) mass is 509 g/mol. The van der Waals surface area contributed by atoms with Crippen LogP contribution in [0.3, 0.4) is 0 Å². The van der Waals surface area contributed by atoms with Crippen molar-refractivity contribution in [2.75, 3.05) is 26.3 Å². The molecule has 0 atom stereocenters. The number of morpholine rings is 1. The number of halogens is 4. The topological polar surface area (TPSA) is 45.7 Å². The van der Waals surface area contributed by atoms with Gasteiger partial charge in [-0.2, -0.15) is 13.2 Å². The van der Waals surface area contributed by atoms with Crippen LogP contribution in [0.4, 0.5) is 13.2 Å². The molecule has 2 aromatic carbocycles. The lowest BCUT2D eigenvalue weighted by Crippen LogP contribution is -2.40. The summed E-state index contributed by atoms with van der Waals surface area (Å²) in [6, 6.07) is 12.7. The molecule has 0 saturated carbocycles. The molecule has 0 N–H and O–H groups in total. The van der Waals surface area contributed by atoms with E-state index in [4.69, 9.17) is 16.3 Å². The Morgan fingerprint density at radius 1 is 1.06 bits per heavy atom. The number of alkyl halides is 3. The van der Waals surface area contributed by atoms with Crippen molar-refractivity contribution < 1.29 is 22.7 Å². The third-order valence-corrected chi connectivity index (χ3v) is 6.49. The molecule has 0 radical (unpaired) electrons. The van der Waals surface area contributed by atoms with E-state index in [0.717, 1.165) is 16.6 Å². The van der Waals surface area contributed by atoms with Gasteiger partial charge in [0.2, 0.25) is 0 Å². The van der Waals surface area contributed by atoms with E-state index in [2.05, 4.69) is 4.98 Å². The van der Waals surface area contributed by atoms with Crippen molar-refractivity contribution in [1.29, 1.82) is 0 Å². The first-order valence-electron chi connectivity index (χ1n) is 10.7. The van der Waals surface area contributed by atoms with Crippen LogP contribution >= 0.6 is 22.9 Å². The zero-order valence-corrected chi connectivity index (χ0v) is 19.8. The molecule has 0 aliphatic carbocycles. The van der Waals surface area contributed by atoms with Gasteiger partial charge in [0, 0.05) is 36.6 Å². The molecule has 4 rings (SSSR count). The summed E-state index contributed by atoms with van der Waals surface area (Å²) in [7, 11) is 0. The van der Waals surface area contributed by atoms with Gasteiger partial charge in [0.1, 0.15) is 10.7 Å². The maximum absolute atomic E-state index is 13.2. The molecule has 1 amide bonds. The summed E-state index contributed by atoms with van der Waals surface area (Å²) < 4.78 is 44.9. The largest absolute Gasteiger partial charge is 0.416 e. The molecule has 3 aromatic rings. The van der Waals surface area contributed by atoms with Crippen LogP contribution in [0, 0.1) is 0 Å². The summed E-state index contributed by atoms with van der Waals surface area (Å²) in [5, 5.41) is 3.06. The van der Waals surface area contributed by atoms with Gasteiger partial charge >= 0.3 is 6.18 Å². The highest BCUT2D eigenvalue weighted by Crippen LogP contribution is 2.30. The third-order valence-electron chi connectivity index (χ3n) is 5.41. The molecule has 0 bridgehead atoms. The summed E-state index contributed by atoms with van der Waals surface area (Å²) in [5.74, 6) is -0.132. The van der Waals surface area contributed by atoms with Gasteiger partial charge in [-0.25, -0.2) is 4.98 Å². The van der Waals surface area contributed by atoms with E-state index in [1.165, 1.54) is 23.5 Å². The Labute approximate surface area is 204 Å². The average Bonchev–Trinajstić information content (AvgIpc) is 3.28. The Bertz CT molecular complexity index is 1120. The zero-order chi connectivity index (χ0) is 24.1. The molecule has 10 heteroatoms. The second-order valence-corrected chi connectivity index (χ2v) is 9.38. The second kappa shape index (κ2) is 10.9. The lowest BCUT2D eigenvalue weighted by atomic mass is 10.1. The first kappa shape index (κ1) is 24.7. The maximum Gasteiger partial charge on any atom is 0.416 e. The summed E-state index contributed by atoms with van der Waals surface area (Å²) in [6.45, 7) is 3.25. The fourth-order valence-electron chi connectivity index (χ4n) is 3.72. The second-order valence-electron chi connectivity index (χ2n) is 8.00. The number of hydrogen-bond donors (Lipinski definition) is 0. The van der Waals surface area contributed by atoms with Crippen molar-refractivity contribution in [2.45, 2.75) is 25.8 Å². The van der Waals surface area contributed by atoms with Crippen LogP contribution in [-0.2, 0) is 30.5 Å². The molecule has 1 saturated heterocycles. The molecule has 0 unspecified atom stereocenters. The highest BCUT2D eigenvalue weighted by molar-refractivity contribution is 7.09. The van der Waals surface area contributed by atoms with Crippen molar-refractivity contribution in [3.63, 3.8) is 0 Å². The summed E-state index contributed by atoms with van der Waals surface area (Å²) >= 11 is 7.36. The number of rotatable bonds is 7. The Kier molecular flexibility index (Phi) is 7.88. The van der Waals surface area contributed by atoms with Gasteiger partial charge in [-0.15, -0.1) is 11.3 Å². The first-order chi connectivity index (χ1) is 16.3. The van der Waals surface area contributed by atoms with Crippen molar-refractivity contribution in [1.82, 2.24) is 14.8 Å². The molecular weight excluding hydrogens is 487 g/mol. The molecular formula is C24H23ClF3N3O2S. The smallest absolute Gasteiger partial charge is 0.378 e. The lowest BCUT2D eigenvalue weighted by Gasteiger charge is -2.26. The van der Waals surface area contributed by atoms with Gasteiger partial charge in [-0.3, -0.25) is 9.69 Å². The molecule has 1 aliphatic rings. The number of hydrogen-bond acceptors (Lipinski definition) is 5. The fourth-order valence-corrected chi connectivity index (χ4v) is 4.66. The normalized spacial score (nSPS) is 14.6. The minimum Gasteiger partial charge on any atom is -0.378 e. The van der Waals surface area contributed by atoms with Crippen LogP contribution in [0.5, 0.6) is 0 Å². The minimum atomic E-state index is -4.40. The van der Waals surface area contributed by atoms with Gasteiger partial charge in [0.15, 0.2) is 0 Å². The molecule has 0 spiro atoms. The van der Waals surface area contributed by atoms with Crippen LogP contribution in [0.25, 0.3) is 0 Å². The van der Waals surface area contributed by atoms with Crippen LogP contribution in [0.2, 0.25) is 5.02 Å². The molecule has 5 nitrogen and oxygen atoms in total. The van der Waals surface area contributed by atoms with Crippen LogP contribution in [0.1, 0.15) is 32.2 Å². The molecule has 34 heavy (non-hydrogen) atoms. The SMILES string of the molecule is O=C(c1csc(CN(Cc2ccc(Cl)cc2)Cc2cccc(C(F)(F)F)c2)n1)N1CCOCC1. The Hall–Kier alpha value is -2.46. The van der Waals surface area contributed by atoms with Crippen LogP contribution in [-0.4, -0.2) is 47.0 Å². The van der Waals surface area contributed by atoms with E-state index in [0.29, 0.717) is 62.2 Å². The van der Waals surface area contributed by atoms with Crippen LogP contribution in [0.15, 0.2) is 53.9 Å². The fraction of sp³-hybridized carbons (Fsp3) is 0.333. The minimum absolute atomic E-state index is 0.132. The summed E-state index contributed by atoms with van der Waals surface area (Å²) in [4.78, 5) is 21.0. The predicted molar refractivity (Wildman–Crippen MR) is 125 cm³/mol. The third kappa shape index (κ3) is 6.56. The average molecular weight is 510 g/mol. The van der Waals surface area contributed by atoms with E-state index in [1.807, 2.05) is 17.0 Å². The first-order valence-corrected chi connectivity index (χ1v) is 12.0. The maximum atomic E-state index is 13.2. The molecule has 1 fully saturated rings. The predicted octanol–water partition coefficient (Wildman–Crippen LogP) is 5.49. The Morgan fingerprint density at radius 3 is 2.47 bits per heavy atom. The quantitative estimate of drug-likeness (QED) is 0.422. The van der Waals surface area contributed by atoms with Gasteiger partial charge in [0.25, 0.3) is 5.91 Å². The number of carbonyl (C=O) groups excluding carboxylic acids is 1. The molecule has 2 heterocycles. The number of aromatic nitrogens is 1. The van der Waals surface area contributed by atoms with Gasteiger partial charge < -0.3 is 9.64 Å². The van der Waals surface area contributed by atoms with Crippen LogP contribution < -0.4 is 0 Å². The number of ether oxygens (including phenoxy) is 1. The summed E-state index contributed by atoms with van der Waals surface area (Å²) in [5.41, 5.74) is 1.22. The van der Waals surface area contributed by atoms with E-state index in [9.17, 15) is 18.0 Å². The highest BCUT2D eigenvalue weighted by atomic mass is 35.5. The number of benzene rings is 2. The standard InChI is InChI=1S/C24H23ClF3N3O2S/c25-20-6-4-17(5-7-20)13-30(14-18-2-1-3-19(12-18)24(26,27)28)15-22-29-21(16-34-22)23(32)31-8-10-33-11-9-31/h1-7,12,16H,8-11,13-15H2. The van der Waals surface area contributed by atoms with E-state index in [-0.39, 0.29) is 5.91 Å². The number of thiazole rings is 1. The van der Waals surface area contributed by atoms with Gasteiger partial charge in [-0.05, 0) is 29.3 Å². The van der Waals surface area contributed by atoms with E-state index >= 15 is 0 Å². The zero-order valence-electron chi connectivity index (χ0n) is 18.2. The highest BCUT2D eigenvalue weighted by Gasteiger charge is 2.30. The number of carbonyl (C=O) groups is 1. The van der Waals surface area contributed by atoms with E-state index in [1.54, 1.807) is 28.5 Å².